The second-order valence-corrected chi connectivity index (χ2v) is 7.60. The molecule has 29 heavy (non-hydrogen) atoms. The minimum atomic E-state index is -0.0473. The van der Waals surface area contributed by atoms with Crippen molar-refractivity contribution in [3.8, 4) is 0 Å². The van der Waals surface area contributed by atoms with E-state index in [1.165, 1.54) is 5.69 Å². The van der Waals surface area contributed by atoms with E-state index in [-0.39, 0.29) is 5.91 Å². The van der Waals surface area contributed by atoms with Gasteiger partial charge in [-0.05, 0) is 49.2 Å². The van der Waals surface area contributed by atoms with Gasteiger partial charge in [0.25, 0.3) is 5.91 Å². The van der Waals surface area contributed by atoms with Crippen LogP contribution in [-0.4, -0.2) is 36.8 Å². The van der Waals surface area contributed by atoms with Crippen LogP contribution in [0.3, 0.4) is 0 Å². The molecule has 0 saturated carbocycles. The Hall–Kier alpha value is -2.79. The van der Waals surface area contributed by atoms with Crippen molar-refractivity contribution in [1.29, 1.82) is 0 Å². The summed E-state index contributed by atoms with van der Waals surface area (Å²) < 4.78 is 7.59. The summed E-state index contributed by atoms with van der Waals surface area (Å²) >= 11 is 0. The highest BCUT2D eigenvalue weighted by atomic mass is 16.5. The Balaban J connectivity index is 1.58. The largest absolute Gasteiger partial charge is 0.378 e. The van der Waals surface area contributed by atoms with Crippen molar-refractivity contribution in [2.45, 2.75) is 33.2 Å². The lowest BCUT2D eigenvalue weighted by atomic mass is 10.1. The molecule has 0 aliphatic carbocycles. The molecule has 0 bridgehead atoms. The van der Waals surface area contributed by atoms with Crippen molar-refractivity contribution in [2.75, 3.05) is 36.5 Å². The first-order chi connectivity index (χ1) is 14.2. The van der Waals surface area contributed by atoms with Crippen LogP contribution in [0.25, 0.3) is 10.9 Å². The fourth-order valence-corrected chi connectivity index (χ4v) is 4.09. The van der Waals surface area contributed by atoms with E-state index in [4.69, 9.17) is 4.74 Å². The number of aryl methyl sites for hydroxylation is 2. The van der Waals surface area contributed by atoms with Gasteiger partial charge in [0.1, 0.15) is 5.69 Å². The highest BCUT2D eigenvalue weighted by molar-refractivity contribution is 6.08. The number of benzene rings is 2. The molecule has 5 heteroatoms. The second-order valence-electron chi connectivity index (χ2n) is 7.60. The predicted molar refractivity (Wildman–Crippen MR) is 119 cm³/mol. The lowest BCUT2D eigenvalue weighted by molar-refractivity contribution is 0.101. The minimum Gasteiger partial charge on any atom is -0.378 e. The van der Waals surface area contributed by atoms with Crippen LogP contribution >= 0.6 is 0 Å². The molecule has 1 aliphatic rings. The van der Waals surface area contributed by atoms with E-state index in [2.05, 4.69) is 46.0 Å². The summed E-state index contributed by atoms with van der Waals surface area (Å²) in [5.41, 5.74) is 4.92. The number of carbonyl (C=O) groups excluding carboxylic acids is 1. The van der Waals surface area contributed by atoms with E-state index in [1.807, 2.05) is 31.2 Å². The van der Waals surface area contributed by atoms with E-state index in [0.29, 0.717) is 0 Å². The number of morpholine rings is 1. The van der Waals surface area contributed by atoms with Gasteiger partial charge in [-0.3, -0.25) is 4.79 Å². The molecule has 1 aromatic heterocycles. The van der Waals surface area contributed by atoms with Gasteiger partial charge < -0.3 is 19.5 Å². The summed E-state index contributed by atoms with van der Waals surface area (Å²) in [5.74, 6) is -0.0473. The molecular formula is C24H29N3O2. The number of carbonyl (C=O) groups is 1. The molecule has 1 N–H and O–H groups in total. The summed E-state index contributed by atoms with van der Waals surface area (Å²) in [6, 6.07) is 16.4. The maximum absolute atomic E-state index is 13.2. The summed E-state index contributed by atoms with van der Waals surface area (Å²) in [6.45, 7) is 8.41. The van der Waals surface area contributed by atoms with Crippen LogP contribution in [0.5, 0.6) is 0 Å². The van der Waals surface area contributed by atoms with Gasteiger partial charge in [0.05, 0.1) is 13.2 Å². The molecule has 0 radical (unpaired) electrons. The Morgan fingerprint density at radius 1 is 1.07 bits per heavy atom. The molecule has 5 nitrogen and oxygen atoms in total. The van der Waals surface area contributed by atoms with Crippen LogP contribution in [0, 0.1) is 6.92 Å². The fourth-order valence-electron chi connectivity index (χ4n) is 4.09. The molecule has 1 amide bonds. The van der Waals surface area contributed by atoms with Crippen LogP contribution in [0.1, 0.15) is 35.8 Å². The van der Waals surface area contributed by atoms with Gasteiger partial charge in [0, 0.05) is 41.9 Å². The van der Waals surface area contributed by atoms with Crippen LogP contribution in [0.4, 0.5) is 11.4 Å². The zero-order valence-electron chi connectivity index (χ0n) is 17.3. The number of hydrogen-bond acceptors (Lipinski definition) is 3. The van der Waals surface area contributed by atoms with Crippen LogP contribution < -0.4 is 10.2 Å². The Morgan fingerprint density at radius 2 is 1.79 bits per heavy atom. The summed E-state index contributed by atoms with van der Waals surface area (Å²) in [6.07, 6.45) is 2.14. The molecule has 1 saturated heterocycles. The van der Waals surface area contributed by atoms with E-state index in [0.717, 1.165) is 73.5 Å². The van der Waals surface area contributed by atoms with E-state index in [9.17, 15) is 4.79 Å². The number of unbranched alkanes of at least 4 members (excludes halogenated alkanes) is 1. The molecule has 1 aliphatic heterocycles. The number of hydrogen-bond donors (Lipinski definition) is 1. The average molecular weight is 392 g/mol. The van der Waals surface area contributed by atoms with Crippen molar-refractivity contribution in [2.24, 2.45) is 0 Å². The summed E-state index contributed by atoms with van der Waals surface area (Å²) in [5, 5.41) is 4.25. The summed E-state index contributed by atoms with van der Waals surface area (Å²) in [4.78, 5) is 15.5. The maximum atomic E-state index is 13.2. The molecule has 0 atom stereocenters. The second kappa shape index (κ2) is 8.70. The first-order valence-corrected chi connectivity index (χ1v) is 10.5. The third-order valence-electron chi connectivity index (χ3n) is 5.68. The number of para-hydroxylation sites is 1. The monoisotopic (exact) mass is 391 g/mol. The average Bonchev–Trinajstić information content (AvgIpc) is 3.05. The molecule has 152 valence electrons. The van der Waals surface area contributed by atoms with Crippen molar-refractivity contribution in [1.82, 2.24) is 4.57 Å². The van der Waals surface area contributed by atoms with Crippen molar-refractivity contribution in [3.63, 3.8) is 0 Å². The Kier molecular flexibility index (Phi) is 5.86. The Morgan fingerprint density at radius 3 is 2.52 bits per heavy atom. The van der Waals surface area contributed by atoms with Crippen molar-refractivity contribution in [3.05, 3.63) is 59.8 Å². The van der Waals surface area contributed by atoms with Crippen LogP contribution in [0.2, 0.25) is 0 Å². The van der Waals surface area contributed by atoms with Gasteiger partial charge in [-0.15, -0.1) is 0 Å². The smallest absolute Gasteiger partial charge is 0.272 e. The highest BCUT2D eigenvalue weighted by Crippen LogP contribution is 2.27. The van der Waals surface area contributed by atoms with Gasteiger partial charge in [-0.2, -0.15) is 0 Å². The number of amides is 1. The standard InChI is InChI=1S/C24H29N3O2/c1-3-4-13-27-22-8-6-5-7-21(22)18(2)23(27)24(28)25-19-9-11-20(12-10-19)26-14-16-29-17-15-26/h5-12H,3-4,13-17H2,1-2H3,(H,25,28). The minimum absolute atomic E-state index is 0.0473. The number of anilines is 2. The molecule has 3 aromatic rings. The normalized spacial score (nSPS) is 14.3. The number of nitrogens with one attached hydrogen (secondary N) is 1. The van der Waals surface area contributed by atoms with Gasteiger partial charge in [0.2, 0.25) is 0 Å². The molecule has 0 spiro atoms. The summed E-state index contributed by atoms with van der Waals surface area (Å²) in [7, 11) is 0. The van der Waals surface area contributed by atoms with Gasteiger partial charge in [0.15, 0.2) is 0 Å². The van der Waals surface area contributed by atoms with Gasteiger partial charge in [-0.1, -0.05) is 31.5 Å². The SMILES string of the molecule is CCCCn1c(C(=O)Nc2ccc(N3CCOCC3)cc2)c(C)c2ccccc21. The van der Waals surface area contributed by atoms with Gasteiger partial charge >= 0.3 is 0 Å². The van der Waals surface area contributed by atoms with Crippen LogP contribution in [-0.2, 0) is 11.3 Å². The highest BCUT2D eigenvalue weighted by Gasteiger charge is 2.20. The number of rotatable bonds is 6. The third-order valence-corrected chi connectivity index (χ3v) is 5.68. The first kappa shape index (κ1) is 19.5. The lowest BCUT2D eigenvalue weighted by Gasteiger charge is -2.28. The molecule has 4 rings (SSSR count). The fraction of sp³-hybridized carbons (Fsp3) is 0.375. The molecule has 2 aromatic carbocycles. The third kappa shape index (κ3) is 4.01. The van der Waals surface area contributed by atoms with Gasteiger partial charge in [-0.25, -0.2) is 0 Å². The number of nitrogens with zero attached hydrogens (tertiary/aromatic N) is 2. The molecule has 1 fully saturated rings. The van der Waals surface area contributed by atoms with Crippen molar-refractivity contribution >= 4 is 28.2 Å². The lowest BCUT2D eigenvalue weighted by Crippen LogP contribution is -2.36. The van der Waals surface area contributed by atoms with E-state index >= 15 is 0 Å². The first-order valence-electron chi connectivity index (χ1n) is 10.5. The quantitative estimate of drug-likeness (QED) is 0.654. The number of aromatic nitrogens is 1. The van der Waals surface area contributed by atoms with E-state index in [1.54, 1.807) is 0 Å². The van der Waals surface area contributed by atoms with E-state index < -0.39 is 0 Å². The zero-order valence-corrected chi connectivity index (χ0v) is 17.3. The van der Waals surface area contributed by atoms with Crippen molar-refractivity contribution < 1.29 is 9.53 Å². The van der Waals surface area contributed by atoms with Crippen LogP contribution in [0.15, 0.2) is 48.5 Å². The maximum Gasteiger partial charge on any atom is 0.272 e. The predicted octanol–water partition coefficient (Wildman–Crippen LogP) is 4.84. The number of fused-ring (bicyclic) bond motifs is 1. The molecule has 0 unspecified atom stereocenters. The molecular weight excluding hydrogens is 362 g/mol. The molecule has 2 heterocycles. The Bertz CT molecular complexity index is 985. The topological polar surface area (TPSA) is 46.5 Å². The zero-order chi connectivity index (χ0) is 20.2. The Labute approximate surface area is 172 Å². The number of ether oxygens (including phenoxy) is 1.